The molecule has 1 amide bonds. The lowest BCUT2D eigenvalue weighted by Crippen LogP contribution is -2.14. The fraction of sp³-hybridized carbons (Fsp3) is 0.400. The van der Waals surface area contributed by atoms with Crippen molar-refractivity contribution >= 4 is 27.5 Å². The number of hydrogen-bond acceptors (Lipinski definition) is 5. The maximum atomic E-state index is 11.9. The summed E-state index contributed by atoms with van der Waals surface area (Å²) in [5.41, 5.74) is 0.990. The lowest BCUT2D eigenvalue weighted by Gasteiger charge is -2.08. The fourth-order valence-corrected chi connectivity index (χ4v) is 3.26. The highest BCUT2D eigenvalue weighted by atomic mass is 32.1. The Hall–Kier alpha value is -1.95. The largest absolute Gasteiger partial charge is 0.357 e. The summed E-state index contributed by atoms with van der Waals surface area (Å²) < 4.78 is 0. The highest BCUT2D eigenvalue weighted by Crippen LogP contribution is 2.26. The maximum Gasteiger partial charge on any atom is 0.230 e. The Kier molecular flexibility index (Phi) is 4.45. The minimum atomic E-state index is -0.0650. The topological polar surface area (TPSA) is 66.9 Å². The van der Waals surface area contributed by atoms with Crippen LogP contribution in [0.3, 0.4) is 0 Å². The number of carbonyl (C=O) groups excluding carboxylic acids is 1. The average molecular weight is 302 g/mol. The maximum absolute atomic E-state index is 11.9. The molecule has 1 aromatic heterocycles. The van der Waals surface area contributed by atoms with Crippen LogP contribution >= 0.6 is 11.3 Å². The molecule has 3 rings (SSSR count). The highest BCUT2D eigenvalue weighted by molar-refractivity contribution is 7.19. The van der Waals surface area contributed by atoms with Gasteiger partial charge in [-0.1, -0.05) is 54.5 Å². The van der Waals surface area contributed by atoms with Gasteiger partial charge in [0.15, 0.2) is 0 Å². The van der Waals surface area contributed by atoms with Crippen molar-refractivity contribution in [2.45, 2.75) is 38.1 Å². The lowest BCUT2D eigenvalue weighted by atomic mass is 10.1. The van der Waals surface area contributed by atoms with Crippen molar-refractivity contribution in [2.75, 3.05) is 10.6 Å². The summed E-state index contributed by atoms with van der Waals surface area (Å²) in [6, 6.07) is 10.2. The highest BCUT2D eigenvalue weighted by Gasteiger charge is 2.16. The number of benzene rings is 1. The molecule has 1 saturated carbocycles. The number of rotatable bonds is 5. The Labute approximate surface area is 127 Å². The van der Waals surface area contributed by atoms with Gasteiger partial charge >= 0.3 is 0 Å². The zero-order chi connectivity index (χ0) is 14.5. The minimum Gasteiger partial charge on any atom is -0.357 e. The van der Waals surface area contributed by atoms with Crippen molar-refractivity contribution in [1.82, 2.24) is 10.2 Å². The van der Waals surface area contributed by atoms with Gasteiger partial charge in [-0.25, -0.2) is 0 Å². The van der Waals surface area contributed by atoms with E-state index in [9.17, 15) is 4.79 Å². The first-order valence-corrected chi connectivity index (χ1v) is 8.05. The van der Waals surface area contributed by atoms with Crippen LogP contribution in [-0.2, 0) is 11.2 Å². The molecule has 0 unspecified atom stereocenters. The van der Waals surface area contributed by atoms with Crippen molar-refractivity contribution < 1.29 is 4.79 Å². The molecule has 1 fully saturated rings. The van der Waals surface area contributed by atoms with Gasteiger partial charge in [-0.3, -0.25) is 4.79 Å². The van der Waals surface area contributed by atoms with E-state index in [0.717, 1.165) is 10.7 Å². The molecular weight excluding hydrogens is 284 g/mol. The standard InChI is InChI=1S/C15H18N4OS/c20-13(10-11-6-2-1-3-7-11)17-15-19-18-14(21-15)16-12-8-4-5-9-12/h1-3,6-7,12H,4-5,8-10H2,(H,16,18)(H,17,19,20). The van der Waals surface area contributed by atoms with Crippen molar-refractivity contribution in [3.05, 3.63) is 35.9 Å². The van der Waals surface area contributed by atoms with Gasteiger partial charge in [0.05, 0.1) is 6.42 Å². The summed E-state index contributed by atoms with van der Waals surface area (Å²) in [6.45, 7) is 0. The molecule has 1 aliphatic carbocycles. The predicted octanol–water partition coefficient (Wildman–Crippen LogP) is 3.07. The molecule has 110 valence electrons. The Morgan fingerprint density at radius 1 is 1.14 bits per heavy atom. The van der Waals surface area contributed by atoms with E-state index in [-0.39, 0.29) is 5.91 Å². The van der Waals surface area contributed by atoms with Crippen LogP contribution in [0.4, 0.5) is 10.3 Å². The average Bonchev–Trinajstić information content (AvgIpc) is 3.13. The number of hydrogen-bond donors (Lipinski definition) is 2. The Morgan fingerprint density at radius 3 is 2.62 bits per heavy atom. The molecule has 6 heteroatoms. The molecule has 0 atom stereocenters. The number of carbonyl (C=O) groups is 1. The van der Waals surface area contributed by atoms with Gasteiger partial charge in [-0.15, -0.1) is 10.2 Å². The second kappa shape index (κ2) is 6.67. The molecule has 2 aromatic rings. The molecule has 0 bridgehead atoms. The summed E-state index contributed by atoms with van der Waals surface area (Å²) in [5, 5.41) is 15.6. The molecule has 0 spiro atoms. The SMILES string of the molecule is O=C(Cc1ccccc1)Nc1nnc(NC2CCCC2)s1. The molecule has 0 radical (unpaired) electrons. The van der Waals surface area contributed by atoms with Crippen molar-refractivity contribution in [3.63, 3.8) is 0 Å². The second-order valence-corrected chi connectivity index (χ2v) is 6.23. The van der Waals surface area contributed by atoms with Gasteiger partial charge in [0.2, 0.25) is 16.2 Å². The third-order valence-electron chi connectivity index (χ3n) is 3.56. The summed E-state index contributed by atoms with van der Waals surface area (Å²) >= 11 is 1.39. The number of aromatic nitrogens is 2. The van der Waals surface area contributed by atoms with E-state index < -0.39 is 0 Å². The van der Waals surface area contributed by atoms with E-state index >= 15 is 0 Å². The molecule has 2 N–H and O–H groups in total. The predicted molar refractivity (Wildman–Crippen MR) is 84.6 cm³/mol. The third-order valence-corrected chi connectivity index (χ3v) is 4.33. The summed E-state index contributed by atoms with van der Waals surface area (Å²) in [6.07, 6.45) is 5.28. The quantitative estimate of drug-likeness (QED) is 0.890. The van der Waals surface area contributed by atoms with Crippen LogP contribution in [0.2, 0.25) is 0 Å². The van der Waals surface area contributed by atoms with E-state index in [1.165, 1.54) is 37.0 Å². The number of amides is 1. The number of nitrogens with zero attached hydrogens (tertiary/aromatic N) is 2. The summed E-state index contributed by atoms with van der Waals surface area (Å²) in [4.78, 5) is 11.9. The second-order valence-electron chi connectivity index (χ2n) is 5.25. The zero-order valence-corrected chi connectivity index (χ0v) is 12.5. The van der Waals surface area contributed by atoms with Crippen molar-refractivity contribution in [3.8, 4) is 0 Å². The smallest absolute Gasteiger partial charge is 0.230 e. The van der Waals surface area contributed by atoms with Crippen molar-refractivity contribution in [2.24, 2.45) is 0 Å². The van der Waals surface area contributed by atoms with Crippen LogP contribution in [-0.4, -0.2) is 22.1 Å². The number of nitrogens with one attached hydrogen (secondary N) is 2. The Bertz CT molecular complexity index is 593. The van der Waals surface area contributed by atoms with Gasteiger partial charge in [0.25, 0.3) is 0 Å². The molecule has 1 aromatic carbocycles. The van der Waals surface area contributed by atoms with Gasteiger partial charge in [-0.05, 0) is 18.4 Å². The molecule has 21 heavy (non-hydrogen) atoms. The van der Waals surface area contributed by atoms with Crippen LogP contribution in [0.5, 0.6) is 0 Å². The first-order valence-electron chi connectivity index (χ1n) is 7.23. The van der Waals surface area contributed by atoms with Gasteiger partial charge in [0, 0.05) is 6.04 Å². The molecule has 1 heterocycles. The van der Waals surface area contributed by atoms with E-state index in [1.54, 1.807) is 0 Å². The van der Waals surface area contributed by atoms with Gasteiger partial charge < -0.3 is 10.6 Å². The van der Waals surface area contributed by atoms with Crippen LogP contribution in [0.25, 0.3) is 0 Å². The van der Waals surface area contributed by atoms with E-state index in [4.69, 9.17) is 0 Å². The van der Waals surface area contributed by atoms with Gasteiger partial charge in [0.1, 0.15) is 0 Å². The first kappa shape index (κ1) is 14.0. The van der Waals surface area contributed by atoms with Crippen LogP contribution < -0.4 is 10.6 Å². The molecule has 1 aliphatic rings. The fourth-order valence-electron chi connectivity index (χ4n) is 2.52. The Morgan fingerprint density at radius 2 is 1.86 bits per heavy atom. The molecule has 5 nitrogen and oxygen atoms in total. The van der Waals surface area contributed by atoms with E-state index in [1.807, 2.05) is 30.3 Å². The van der Waals surface area contributed by atoms with Crippen molar-refractivity contribution in [1.29, 1.82) is 0 Å². The lowest BCUT2D eigenvalue weighted by molar-refractivity contribution is -0.115. The molecule has 0 aliphatic heterocycles. The zero-order valence-electron chi connectivity index (χ0n) is 11.7. The summed E-state index contributed by atoms with van der Waals surface area (Å²) in [5.74, 6) is -0.0650. The van der Waals surface area contributed by atoms with Gasteiger partial charge in [-0.2, -0.15) is 0 Å². The first-order chi connectivity index (χ1) is 10.3. The van der Waals surface area contributed by atoms with E-state index in [0.29, 0.717) is 17.6 Å². The van der Waals surface area contributed by atoms with E-state index in [2.05, 4.69) is 20.8 Å². The minimum absolute atomic E-state index is 0.0650. The number of anilines is 2. The van der Waals surface area contributed by atoms with Crippen LogP contribution in [0, 0.1) is 0 Å². The van der Waals surface area contributed by atoms with Crippen LogP contribution in [0.1, 0.15) is 31.2 Å². The monoisotopic (exact) mass is 302 g/mol. The summed E-state index contributed by atoms with van der Waals surface area (Å²) in [7, 11) is 0. The Balaban J connectivity index is 1.53. The third kappa shape index (κ3) is 4.01. The normalized spacial score (nSPS) is 15.0. The molecular formula is C15H18N4OS. The van der Waals surface area contributed by atoms with Crippen LogP contribution in [0.15, 0.2) is 30.3 Å². The molecule has 0 saturated heterocycles.